The molecule has 0 saturated carbocycles. The molecule has 1 N–H and O–H groups in total. The summed E-state index contributed by atoms with van der Waals surface area (Å²) in [5.41, 5.74) is 1.03. The number of amides is 1. The Morgan fingerprint density at radius 2 is 1.68 bits per heavy atom. The number of fused-ring (bicyclic) bond motifs is 1. The predicted octanol–water partition coefficient (Wildman–Crippen LogP) is 4.17. The molecular formula is C22H23NO5. The van der Waals surface area contributed by atoms with Gasteiger partial charge >= 0.3 is 6.09 Å². The maximum atomic E-state index is 12.5. The highest BCUT2D eigenvalue weighted by Crippen LogP contribution is 2.31. The van der Waals surface area contributed by atoms with Crippen LogP contribution in [0.5, 0.6) is 11.5 Å². The van der Waals surface area contributed by atoms with E-state index in [2.05, 4.69) is 0 Å². The third-order valence-corrected chi connectivity index (χ3v) is 4.39. The minimum absolute atomic E-state index is 0.0932. The number of carbonyl (C=O) groups excluding carboxylic acids is 1. The summed E-state index contributed by atoms with van der Waals surface area (Å²) in [6.07, 6.45) is -1.28. The number of phenolic OH excluding ortho intramolecular Hbond substituents is 1. The van der Waals surface area contributed by atoms with Gasteiger partial charge in [-0.1, -0.05) is 54.6 Å². The van der Waals surface area contributed by atoms with E-state index in [1.165, 1.54) is 12.0 Å². The van der Waals surface area contributed by atoms with Gasteiger partial charge in [-0.25, -0.2) is 4.79 Å². The van der Waals surface area contributed by atoms with Crippen molar-refractivity contribution in [3.63, 3.8) is 0 Å². The fourth-order valence-electron chi connectivity index (χ4n) is 2.76. The second kappa shape index (κ2) is 9.21. The molecule has 146 valence electrons. The number of aromatic hydroxyl groups is 1. The lowest BCUT2D eigenvalue weighted by Crippen LogP contribution is -2.42. The maximum Gasteiger partial charge on any atom is 0.417 e. The molecule has 3 aromatic carbocycles. The van der Waals surface area contributed by atoms with Crippen molar-refractivity contribution in [2.75, 3.05) is 20.8 Å². The second-order valence-corrected chi connectivity index (χ2v) is 6.34. The van der Waals surface area contributed by atoms with Crippen LogP contribution in [0, 0.1) is 0 Å². The molecule has 1 amide bonds. The van der Waals surface area contributed by atoms with Crippen molar-refractivity contribution in [1.82, 2.24) is 4.90 Å². The largest absolute Gasteiger partial charge is 0.504 e. The zero-order valence-corrected chi connectivity index (χ0v) is 15.9. The van der Waals surface area contributed by atoms with Crippen molar-refractivity contribution in [2.24, 2.45) is 0 Å². The van der Waals surface area contributed by atoms with Gasteiger partial charge in [0.25, 0.3) is 0 Å². The van der Waals surface area contributed by atoms with E-state index in [9.17, 15) is 9.90 Å². The Bertz CT molecular complexity index is 929. The lowest BCUT2D eigenvalue weighted by molar-refractivity contribution is -0.0652. The number of nitrogens with zero attached hydrogens (tertiary/aromatic N) is 1. The smallest absolute Gasteiger partial charge is 0.417 e. The highest BCUT2D eigenvalue weighted by molar-refractivity contribution is 5.87. The highest BCUT2D eigenvalue weighted by atomic mass is 16.6. The van der Waals surface area contributed by atoms with E-state index in [1.54, 1.807) is 19.2 Å². The molecule has 0 saturated heterocycles. The van der Waals surface area contributed by atoms with Crippen molar-refractivity contribution in [1.29, 1.82) is 0 Å². The van der Waals surface area contributed by atoms with Crippen LogP contribution in [0.4, 0.5) is 4.79 Å². The third kappa shape index (κ3) is 4.79. The first kappa shape index (κ1) is 19.7. The molecule has 6 nitrogen and oxygen atoms in total. The molecule has 0 aliphatic carbocycles. The van der Waals surface area contributed by atoms with Crippen LogP contribution in [0.15, 0.2) is 66.7 Å². The van der Waals surface area contributed by atoms with E-state index in [1.807, 2.05) is 54.6 Å². The molecule has 0 spiro atoms. The van der Waals surface area contributed by atoms with E-state index in [4.69, 9.17) is 14.2 Å². The van der Waals surface area contributed by atoms with Gasteiger partial charge in [-0.15, -0.1) is 0 Å². The zero-order chi connectivity index (χ0) is 19.9. The number of rotatable bonds is 7. The van der Waals surface area contributed by atoms with Crippen molar-refractivity contribution in [3.8, 4) is 11.5 Å². The van der Waals surface area contributed by atoms with Gasteiger partial charge in [-0.3, -0.25) is 4.90 Å². The summed E-state index contributed by atoms with van der Waals surface area (Å²) in [5.74, 6) is -0.00893. The standard InChI is InChI=1S/C22H23NO5/c1-23(21(26-2)15-27-14-16-8-4-3-5-9-16)22(25)28-20-13-18-11-7-6-10-17(18)12-19(20)24/h3-13,21,24H,14-15H2,1-2H3. The van der Waals surface area contributed by atoms with E-state index in [0.717, 1.165) is 16.3 Å². The van der Waals surface area contributed by atoms with Crippen molar-refractivity contribution >= 4 is 16.9 Å². The molecule has 1 unspecified atom stereocenters. The SMILES string of the molecule is COC(COCc1ccccc1)N(C)C(=O)Oc1cc2ccccc2cc1O. The second-order valence-electron chi connectivity index (χ2n) is 6.34. The summed E-state index contributed by atoms with van der Waals surface area (Å²) < 4.78 is 16.4. The molecule has 0 aliphatic rings. The van der Waals surface area contributed by atoms with Gasteiger partial charge in [0, 0.05) is 14.2 Å². The zero-order valence-electron chi connectivity index (χ0n) is 15.9. The van der Waals surface area contributed by atoms with Crippen molar-refractivity contribution < 1.29 is 24.1 Å². The number of methoxy groups -OCH3 is 1. The van der Waals surface area contributed by atoms with Crippen LogP contribution < -0.4 is 4.74 Å². The molecule has 0 heterocycles. The molecule has 3 rings (SSSR count). The Morgan fingerprint density at radius 3 is 2.36 bits per heavy atom. The summed E-state index contributed by atoms with van der Waals surface area (Å²) in [7, 11) is 3.05. The van der Waals surface area contributed by atoms with E-state index >= 15 is 0 Å². The Morgan fingerprint density at radius 1 is 1.04 bits per heavy atom. The fraction of sp³-hybridized carbons (Fsp3) is 0.227. The van der Waals surface area contributed by atoms with Crippen LogP contribution in [0.3, 0.4) is 0 Å². The predicted molar refractivity (Wildman–Crippen MR) is 106 cm³/mol. The number of hydrogen-bond donors (Lipinski definition) is 1. The molecule has 0 radical (unpaired) electrons. The minimum atomic E-state index is -0.652. The molecular weight excluding hydrogens is 358 g/mol. The van der Waals surface area contributed by atoms with Gasteiger partial charge in [0.2, 0.25) is 0 Å². The molecule has 0 aromatic heterocycles. The number of benzene rings is 3. The first-order chi connectivity index (χ1) is 13.6. The fourth-order valence-corrected chi connectivity index (χ4v) is 2.76. The molecule has 3 aromatic rings. The Kier molecular flexibility index (Phi) is 6.47. The van der Waals surface area contributed by atoms with Gasteiger partial charge in [0.1, 0.15) is 0 Å². The molecule has 0 fully saturated rings. The normalized spacial score (nSPS) is 11.9. The molecule has 6 heteroatoms. The minimum Gasteiger partial charge on any atom is -0.504 e. The van der Waals surface area contributed by atoms with E-state index in [0.29, 0.717) is 6.61 Å². The Labute approximate surface area is 163 Å². The number of hydrogen-bond acceptors (Lipinski definition) is 5. The first-order valence-electron chi connectivity index (χ1n) is 8.89. The van der Waals surface area contributed by atoms with Gasteiger partial charge in [0.15, 0.2) is 17.7 Å². The summed E-state index contributed by atoms with van der Waals surface area (Å²) in [4.78, 5) is 13.8. The summed E-state index contributed by atoms with van der Waals surface area (Å²) in [6.45, 7) is 0.593. The number of phenols is 1. The summed E-state index contributed by atoms with van der Waals surface area (Å²) in [5, 5.41) is 11.9. The highest BCUT2D eigenvalue weighted by Gasteiger charge is 2.22. The lowest BCUT2D eigenvalue weighted by atomic mass is 10.1. The van der Waals surface area contributed by atoms with Crippen LogP contribution in [-0.4, -0.2) is 43.1 Å². The monoisotopic (exact) mass is 381 g/mol. The van der Waals surface area contributed by atoms with Gasteiger partial charge in [-0.05, 0) is 28.5 Å². The van der Waals surface area contributed by atoms with Crippen LogP contribution in [-0.2, 0) is 16.1 Å². The van der Waals surface area contributed by atoms with Gasteiger partial charge in [-0.2, -0.15) is 0 Å². The van der Waals surface area contributed by atoms with Crippen LogP contribution >= 0.6 is 0 Å². The average Bonchev–Trinajstić information content (AvgIpc) is 2.72. The summed E-state index contributed by atoms with van der Waals surface area (Å²) >= 11 is 0. The Balaban J connectivity index is 1.61. The number of likely N-dealkylation sites (N-methyl/N-ethyl adjacent to an activating group) is 1. The van der Waals surface area contributed by atoms with Gasteiger partial charge < -0.3 is 19.3 Å². The maximum absolute atomic E-state index is 12.5. The lowest BCUT2D eigenvalue weighted by Gasteiger charge is -2.26. The molecule has 28 heavy (non-hydrogen) atoms. The first-order valence-corrected chi connectivity index (χ1v) is 8.89. The van der Waals surface area contributed by atoms with Crippen LogP contribution in [0.1, 0.15) is 5.56 Å². The Hall–Kier alpha value is -3.09. The third-order valence-electron chi connectivity index (χ3n) is 4.39. The molecule has 0 bridgehead atoms. The van der Waals surface area contributed by atoms with Gasteiger partial charge in [0.05, 0.1) is 13.2 Å². The van der Waals surface area contributed by atoms with E-state index < -0.39 is 12.3 Å². The van der Waals surface area contributed by atoms with Crippen molar-refractivity contribution in [3.05, 3.63) is 72.3 Å². The summed E-state index contributed by atoms with van der Waals surface area (Å²) in [6, 6.07) is 20.4. The van der Waals surface area contributed by atoms with E-state index in [-0.39, 0.29) is 18.1 Å². The quantitative estimate of drug-likeness (QED) is 0.622. The molecule has 1 atom stereocenters. The van der Waals surface area contributed by atoms with Crippen molar-refractivity contribution in [2.45, 2.75) is 12.8 Å². The average molecular weight is 381 g/mol. The topological polar surface area (TPSA) is 68.2 Å². The van der Waals surface area contributed by atoms with Crippen LogP contribution in [0.2, 0.25) is 0 Å². The number of ether oxygens (including phenoxy) is 3. The number of carbonyl (C=O) groups is 1. The molecule has 0 aliphatic heterocycles. The van der Waals surface area contributed by atoms with Crippen LogP contribution in [0.25, 0.3) is 10.8 Å².